The molecule has 126 valence electrons. The van der Waals surface area contributed by atoms with Crippen LogP contribution in [-0.2, 0) is 6.42 Å². The van der Waals surface area contributed by atoms with Crippen molar-refractivity contribution < 1.29 is 9.32 Å². The van der Waals surface area contributed by atoms with Gasteiger partial charge >= 0.3 is 0 Å². The molecule has 1 aliphatic heterocycles. The molecule has 6 nitrogen and oxygen atoms in total. The van der Waals surface area contributed by atoms with Crippen LogP contribution in [0.25, 0.3) is 11.1 Å². The highest BCUT2D eigenvalue weighted by Crippen LogP contribution is 2.23. The van der Waals surface area contributed by atoms with Gasteiger partial charge in [0.15, 0.2) is 0 Å². The van der Waals surface area contributed by atoms with Gasteiger partial charge in [0.25, 0.3) is 11.6 Å². The molecule has 23 heavy (non-hydrogen) atoms. The zero-order valence-corrected chi connectivity index (χ0v) is 14.3. The molecule has 2 atom stereocenters. The van der Waals surface area contributed by atoms with Crippen molar-refractivity contribution in [2.24, 2.45) is 11.7 Å². The van der Waals surface area contributed by atoms with E-state index in [0.717, 1.165) is 43.4 Å². The van der Waals surface area contributed by atoms with Crippen LogP contribution in [0.3, 0.4) is 0 Å². The van der Waals surface area contributed by atoms with Crippen LogP contribution in [0, 0.1) is 5.92 Å². The van der Waals surface area contributed by atoms with Gasteiger partial charge in [0.05, 0.1) is 16.6 Å². The van der Waals surface area contributed by atoms with Crippen molar-refractivity contribution in [3.63, 3.8) is 0 Å². The molecule has 2 aromatic rings. The van der Waals surface area contributed by atoms with Gasteiger partial charge in [-0.2, -0.15) is 0 Å². The Morgan fingerprint density at radius 2 is 2.35 bits per heavy atom. The molecule has 7 heteroatoms. The summed E-state index contributed by atoms with van der Waals surface area (Å²) in [5.41, 5.74) is 7.91. The fraction of sp³-hybridized carbons (Fsp3) is 0.562. The third kappa shape index (κ3) is 3.48. The number of carbonyl (C=O) groups is 1. The van der Waals surface area contributed by atoms with Gasteiger partial charge in [-0.25, -0.2) is 4.98 Å². The second-order valence-corrected chi connectivity index (χ2v) is 6.07. The zero-order chi connectivity index (χ0) is 15.7. The lowest BCUT2D eigenvalue weighted by molar-refractivity contribution is 0.0660. The van der Waals surface area contributed by atoms with E-state index in [1.54, 1.807) is 6.20 Å². The Morgan fingerprint density at radius 3 is 3.04 bits per heavy atom. The summed E-state index contributed by atoms with van der Waals surface area (Å²) < 4.78 is 5.17. The summed E-state index contributed by atoms with van der Waals surface area (Å²) in [6, 6.07) is 1.95. The van der Waals surface area contributed by atoms with Crippen molar-refractivity contribution in [1.29, 1.82) is 0 Å². The highest BCUT2D eigenvalue weighted by atomic mass is 35.5. The maximum atomic E-state index is 12.7. The van der Waals surface area contributed by atoms with Crippen LogP contribution in [0.5, 0.6) is 0 Å². The third-order valence-electron chi connectivity index (χ3n) is 4.47. The maximum Gasteiger partial charge on any atom is 0.257 e. The number of hydrogen-bond donors (Lipinski definition) is 1. The number of fused-ring (bicyclic) bond motifs is 1. The third-order valence-corrected chi connectivity index (χ3v) is 4.47. The summed E-state index contributed by atoms with van der Waals surface area (Å²) >= 11 is 0. The first-order chi connectivity index (χ1) is 10.6. The topological polar surface area (TPSA) is 85.2 Å². The summed E-state index contributed by atoms with van der Waals surface area (Å²) in [7, 11) is 0. The van der Waals surface area contributed by atoms with E-state index < -0.39 is 0 Å². The molecule has 0 aromatic carbocycles. The Morgan fingerprint density at radius 1 is 1.57 bits per heavy atom. The van der Waals surface area contributed by atoms with Gasteiger partial charge in [0.2, 0.25) is 0 Å². The molecule has 1 fully saturated rings. The van der Waals surface area contributed by atoms with Crippen molar-refractivity contribution in [3.8, 4) is 0 Å². The molecule has 0 saturated carbocycles. The van der Waals surface area contributed by atoms with Gasteiger partial charge in [0.1, 0.15) is 0 Å². The number of piperidine rings is 1. The Labute approximate surface area is 141 Å². The molecule has 1 amide bonds. The molecular formula is C16H23ClN4O2. The Hall–Kier alpha value is -1.66. The van der Waals surface area contributed by atoms with E-state index in [1.165, 1.54) is 0 Å². The van der Waals surface area contributed by atoms with Crippen LogP contribution in [0.15, 0.2) is 16.8 Å². The van der Waals surface area contributed by atoms with E-state index in [1.807, 2.05) is 24.8 Å². The van der Waals surface area contributed by atoms with Crippen LogP contribution in [0.1, 0.15) is 42.7 Å². The minimum atomic E-state index is 0. The standard InChI is InChI=1S/C16H22N4O2.ClH/c1-3-14-13-7-12(8-18-15(13)22-19-14)16(21)20-6-4-5-11(9-20)10(2)17;/h7-8,10-11H,3-6,9,17H2,1-2H3;1H. The predicted octanol–water partition coefficient (Wildman–Crippen LogP) is 2.41. The van der Waals surface area contributed by atoms with Gasteiger partial charge in [-0.1, -0.05) is 12.1 Å². The normalized spacial score (nSPS) is 19.4. The van der Waals surface area contributed by atoms with E-state index in [2.05, 4.69) is 10.1 Å². The van der Waals surface area contributed by atoms with Gasteiger partial charge in [0, 0.05) is 25.3 Å². The second-order valence-electron chi connectivity index (χ2n) is 6.07. The van der Waals surface area contributed by atoms with Crippen LogP contribution in [0.4, 0.5) is 0 Å². The number of rotatable bonds is 3. The number of aryl methyl sites for hydroxylation is 1. The van der Waals surface area contributed by atoms with Crippen molar-refractivity contribution in [3.05, 3.63) is 23.5 Å². The van der Waals surface area contributed by atoms with E-state index >= 15 is 0 Å². The molecule has 2 unspecified atom stereocenters. The van der Waals surface area contributed by atoms with E-state index in [4.69, 9.17) is 10.3 Å². The molecule has 0 spiro atoms. The summed E-state index contributed by atoms with van der Waals surface area (Å²) in [6.07, 6.45) is 4.42. The van der Waals surface area contributed by atoms with Crippen molar-refractivity contribution in [2.75, 3.05) is 13.1 Å². The van der Waals surface area contributed by atoms with E-state index in [0.29, 0.717) is 17.2 Å². The molecule has 3 heterocycles. The Kier molecular flexibility index (Phi) is 5.59. The average molecular weight is 339 g/mol. The van der Waals surface area contributed by atoms with Crippen molar-refractivity contribution >= 4 is 29.4 Å². The SMILES string of the molecule is CCc1noc2ncc(C(=O)N3CCCC(C(C)N)C3)cc12.Cl. The summed E-state index contributed by atoms with van der Waals surface area (Å²) in [5.74, 6) is 0.388. The molecule has 0 radical (unpaired) electrons. The smallest absolute Gasteiger partial charge is 0.257 e. The van der Waals surface area contributed by atoms with Crippen molar-refractivity contribution in [1.82, 2.24) is 15.0 Å². The number of carbonyl (C=O) groups excluding carboxylic acids is 1. The number of likely N-dealkylation sites (tertiary alicyclic amines) is 1. The fourth-order valence-corrected chi connectivity index (χ4v) is 3.06. The monoisotopic (exact) mass is 338 g/mol. The zero-order valence-electron chi connectivity index (χ0n) is 13.5. The number of nitrogens with zero attached hydrogens (tertiary/aromatic N) is 3. The van der Waals surface area contributed by atoms with Gasteiger partial charge in [-0.15, -0.1) is 12.4 Å². The van der Waals surface area contributed by atoms with E-state index in [-0.39, 0.29) is 24.4 Å². The molecule has 1 saturated heterocycles. The molecule has 3 rings (SSSR count). The lowest BCUT2D eigenvalue weighted by Crippen LogP contribution is -2.45. The number of hydrogen-bond acceptors (Lipinski definition) is 5. The van der Waals surface area contributed by atoms with Gasteiger partial charge in [-0.3, -0.25) is 4.79 Å². The first-order valence-corrected chi connectivity index (χ1v) is 7.89. The average Bonchev–Trinajstić information content (AvgIpc) is 2.96. The molecular weight excluding hydrogens is 316 g/mol. The number of aromatic nitrogens is 2. The first-order valence-electron chi connectivity index (χ1n) is 7.89. The summed E-state index contributed by atoms with van der Waals surface area (Å²) in [5, 5.41) is 4.81. The molecule has 0 bridgehead atoms. The minimum Gasteiger partial charge on any atom is -0.338 e. The lowest BCUT2D eigenvalue weighted by Gasteiger charge is -2.34. The molecule has 2 N–H and O–H groups in total. The van der Waals surface area contributed by atoms with Crippen LogP contribution < -0.4 is 5.73 Å². The second kappa shape index (κ2) is 7.27. The Bertz CT molecular complexity index is 686. The number of nitrogens with two attached hydrogens (primary N) is 1. The minimum absolute atomic E-state index is 0. The maximum absolute atomic E-state index is 12.7. The molecule has 2 aromatic heterocycles. The van der Waals surface area contributed by atoms with Gasteiger partial charge < -0.3 is 15.2 Å². The van der Waals surface area contributed by atoms with Gasteiger partial charge in [-0.05, 0) is 38.2 Å². The largest absolute Gasteiger partial charge is 0.338 e. The van der Waals surface area contributed by atoms with Crippen LogP contribution in [-0.4, -0.2) is 40.1 Å². The Balaban J connectivity index is 0.00000192. The summed E-state index contributed by atoms with van der Waals surface area (Å²) in [4.78, 5) is 18.8. The van der Waals surface area contributed by atoms with Crippen molar-refractivity contribution in [2.45, 2.75) is 39.2 Å². The van der Waals surface area contributed by atoms with E-state index in [9.17, 15) is 4.79 Å². The summed E-state index contributed by atoms with van der Waals surface area (Å²) in [6.45, 7) is 5.52. The quantitative estimate of drug-likeness (QED) is 0.928. The lowest BCUT2D eigenvalue weighted by atomic mass is 9.92. The highest BCUT2D eigenvalue weighted by molar-refractivity contribution is 5.97. The first kappa shape index (κ1) is 17.7. The number of amides is 1. The fourth-order valence-electron chi connectivity index (χ4n) is 3.06. The predicted molar refractivity (Wildman–Crippen MR) is 90.7 cm³/mol. The molecule has 0 aliphatic carbocycles. The number of halogens is 1. The van der Waals surface area contributed by atoms with Crippen LogP contribution >= 0.6 is 12.4 Å². The van der Waals surface area contributed by atoms with Crippen LogP contribution in [0.2, 0.25) is 0 Å². The highest BCUT2D eigenvalue weighted by Gasteiger charge is 2.27. The molecule has 1 aliphatic rings. The number of pyridine rings is 1.